The maximum Gasteiger partial charge on any atom is 0.410 e. The summed E-state index contributed by atoms with van der Waals surface area (Å²) in [4.78, 5) is 42.5. The van der Waals surface area contributed by atoms with Gasteiger partial charge in [-0.05, 0) is 47.5 Å². The lowest BCUT2D eigenvalue weighted by atomic mass is 10.0. The summed E-state index contributed by atoms with van der Waals surface area (Å²) in [5, 5.41) is 9.80. The molecule has 0 radical (unpaired) electrons. The van der Waals surface area contributed by atoms with Crippen molar-refractivity contribution < 1.29 is 24.2 Å². The quantitative estimate of drug-likeness (QED) is 0.791. The lowest BCUT2D eigenvalue weighted by Gasteiger charge is -2.38. The molecule has 154 valence electrons. The number of piperazine rings is 1. The van der Waals surface area contributed by atoms with Gasteiger partial charge in [0.25, 0.3) is 0 Å². The van der Waals surface area contributed by atoms with Crippen molar-refractivity contribution in [3.05, 3.63) is 0 Å². The van der Waals surface area contributed by atoms with Crippen molar-refractivity contribution in [1.82, 2.24) is 14.7 Å². The molecular weight excluding hydrogens is 350 g/mol. The number of carbonyl (C=O) groups is 3. The van der Waals surface area contributed by atoms with Gasteiger partial charge < -0.3 is 19.6 Å². The number of carbonyl (C=O) groups excluding carboxylic acids is 3. The van der Waals surface area contributed by atoms with E-state index >= 15 is 0 Å². The third-order valence-corrected chi connectivity index (χ3v) is 4.69. The van der Waals surface area contributed by atoms with Crippen LogP contribution in [0.3, 0.4) is 0 Å². The van der Waals surface area contributed by atoms with Crippen LogP contribution in [0.4, 0.5) is 4.79 Å². The molecule has 0 unspecified atom stereocenters. The predicted octanol–water partition coefficient (Wildman–Crippen LogP) is 1.22. The normalized spacial score (nSPS) is 21.4. The summed E-state index contributed by atoms with van der Waals surface area (Å²) >= 11 is 0. The van der Waals surface area contributed by atoms with Crippen molar-refractivity contribution in [2.24, 2.45) is 0 Å². The second-order valence-electron chi connectivity index (χ2n) is 9.03. The van der Waals surface area contributed by atoms with E-state index < -0.39 is 23.3 Å². The Morgan fingerprint density at radius 1 is 0.963 bits per heavy atom. The van der Waals surface area contributed by atoms with Gasteiger partial charge in [0.1, 0.15) is 11.6 Å². The van der Waals surface area contributed by atoms with Crippen molar-refractivity contribution in [3.63, 3.8) is 0 Å². The van der Waals surface area contributed by atoms with Gasteiger partial charge in [-0.25, -0.2) is 4.79 Å². The molecule has 2 aliphatic heterocycles. The Kier molecular flexibility index (Phi) is 6.39. The number of rotatable bonds is 3. The van der Waals surface area contributed by atoms with Gasteiger partial charge >= 0.3 is 6.09 Å². The van der Waals surface area contributed by atoms with Gasteiger partial charge in [-0.2, -0.15) is 0 Å². The van der Waals surface area contributed by atoms with E-state index in [0.29, 0.717) is 39.1 Å². The Labute approximate surface area is 161 Å². The number of hydrogen-bond acceptors (Lipinski definition) is 5. The first kappa shape index (κ1) is 21.5. The summed E-state index contributed by atoms with van der Waals surface area (Å²) in [6, 6.07) is -0.488. The second-order valence-corrected chi connectivity index (χ2v) is 9.03. The standard InChI is InChI=1S/C19H33N3O5/c1-18(2,3)27-17(25)22-8-6-7-14(22)16(24)21-11-9-20(10-12-21)15(23)13-19(4,5)26/h14,26H,6-13H2,1-5H3/t14-/m0/s1. The molecule has 27 heavy (non-hydrogen) atoms. The highest BCUT2D eigenvalue weighted by atomic mass is 16.6. The largest absolute Gasteiger partial charge is 0.444 e. The summed E-state index contributed by atoms with van der Waals surface area (Å²) in [5.74, 6) is -0.182. The fourth-order valence-corrected chi connectivity index (χ4v) is 3.43. The fourth-order valence-electron chi connectivity index (χ4n) is 3.43. The molecule has 0 aromatic heterocycles. The van der Waals surface area contributed by atoms with Crippen molar-refractivity contribution >= 4 is 17.9 Å². The first-order chi connectivity index (χ1) is 12.4. The number of aliphatic hydroxyl groups is 1. The third-order valence-electron chi connectivity index (χ3n) is 4.69. The monoisotopic (exact) mass is 383 g/mol. The van der Waals surface area contributed by atoms with Gasteiger partial charge in [-0.15, -0.1) is 0 Å². The highest BCUT2D eigenvalue weighted by Crippen LogP contribution is 2.23. The summed E-state index contributed by atoms with van der Waals surface area (Å²) < 4.78 is 5.42. The van der Waals surface area contributed by atoms with Crippen LogP contribution in [0.5, 0.6) is 0 Å². The van der Waals surface area contributed by atoms with Gasteiger partial charge in [0.05, 0.1) is 12.0 Å². The molecule has 0 aromatic carbocycles. The first-order valence-corrected chi connectivity index (χ1v) is 9.66. The molecule has 1 atom stereocenters. The van der Waals surface area contributed by atoms with Crippen LogP contribution in [-0.4, -0.2) is 87.7 Å². The summed E-state index contributed by atoms with van der Waals surface area (Å²) in [6.07, 6.45) is 1.03. The Hall–Kier alpha value is -1.83. The zero-order valence-corrected chi connectivity index (χ0v) is 17.2. The van der Waals surface area contributed by atoms with Crippen LogP contribution >= 0.6 is 0 Å². The van der Waals surface area contributed by atoms with Gasteiger partial charge in [0, 0.05) is 32.7 Å². The molecule has 1 N–H and O–H groups in total. The number of likely N-dealkylation sites (tertiary alicyclic amines) is 1. The lowest BCUT2D eigenvalue weighted by Crippen LogP contribution is -2.56. The average molecular weight is 383 g/mol. The van der Waals surface area contributed by atoms with Crippen LogP contribution in [0.25, 0.3) is 0 Å². The molecule has 2 fully saturated rings. The topological polar surface area (TPSA) is 90.4 Å². The second kappa shape index (κ2) is 8.04. The summed E-state index contributed by atoms with van der Waals surface area (Å²) in [5.41, 5.74) is -1.64. The number of hydrogen-bond donors (Lipinski definition) is 1. The predicted molar refractivity (Wildman–Crippen MR) is 100 cm³/mol. The molecule has 2 saturated heterocycles. The van der Waals surface area contributed by atoms with Crippen LogP contribution in [0.1, 0.15) is 53.9 Å². The SMILES string of the molecule is CC(C)(O)CC(=O)N1CCN(C(=O)[C@@H]2CCCN2C(=O)OC(C)(C)C)CC1. The van der Waals surface area contributed by atoms with Crippen LogP contribution < -0.4 is 0 Å². The van der Waals surface area contributed by atoms with Crippen molar-refractivity contribution in [2.75, 3.05) is 32.7 Å². The van der Waals surface area contributed by atoms with Gasteiger partial charge in [0.15, 0.2) is 0 Å². The van der Waals surface area contributed by atoms with Crippen LogP contribution in [0.15, 0.2) is 0 Å². The molecule has 3 amide bonds. The minimum Gasteiger partial charge on any atom is -0.444 e. The van der Waals surface area contributed by atoms with Gasteiger partial charge in [-0.3, -0.25) is 14.5 Å². The van der Waals surface area contributed by atoms with Crippen molar-refractivity contribution in [1.29, 1.82) is 0 Å². The minimum absolute atomic E-state index is 0.0655. The van der Waals surface area contributed by atoms with Crippen molar-refractivity contribution in [2.45, 2.75) is 71.1 Å². The fraction of sp³-hybridized carbons (Fsp3) is 0.842. The minimum atomic E-state index is -1.04. The lowest BCUT2D eigenvalue weighted by molar-refractivity contribution is -0.144. The van der Waals surface area contributed by atoms with E-state index in [4.69, 9.17) is 4.74 Å². The van der Waals surface area contributed by atoms with E-state index in [1.54, 1.807) is 23.6 Å². The van der Waals surface area contributed by atoms with Gasteiger partial charge in [0.2, 0.25) is 11.8 Å². The smallest absolute Gasteiger partial charge is 0.410 e. The van der Waals surface area contributed by atoms with E-state index in [1.807, 2.05) is 20.8 Å². The van der Waals surface area contributed by atoms with Crippen LogP contribution in [-0.2, 0) is 14.3 Å². The summed E-state index contributed by atoms with van der Waals surface area (Å²) in [7, 11) is 0. The van der Waals surface area contributed by atoms with Crippen LogP contribution in [0, 0.1) is 0 Å². The molecule has 8 heteroatoms. The Bertz CT molecular complexity index is 571. The van der Waals surface area contributed by atoms with Gasteiger partial charge in [-0.1, -0.05) is 0 Å². The number of amides is 3. The Balaban J connectivity index is 1.91. The van der Waals surface area contributed by atoms with E-state index in [9.17, 15) is 19.5 Å². The van der Waals surface area contributed by atoms with Crippen molar-refractivity contribution in [3.8, 4) is 0 Å². The number of ether oxygens (including phenoxy) is 1. The zero-order valence-electron chi connectivity index (χ0n) is 17.2. The highest BCUT2D eigenvalue weighted by Gasteiger charge is 2.39. The maximum atomic E-state index is 12.9. The number of nitrogens with zero attached hydrogens (tertiary/aromatic N) is 3. The molecule has 2 aliphatic rings. The summed E-state index contributed by atoms with van der Waals surface area (Å²) in [6.45, 7) is 10.9. The molecule has 2 rings (SSSR count). The Morgan fingerprint density at radius 2 is 1.52 bits per heavy atom. The molecular formula is C19H33N3O5. The molecule has 0 aromatic rings. The van der Waals surface area contributed by atoms with E-state index in [1.165, 1.54) is 4.90 Å². The Morgan fingerprint density at radius 3 is 2.04 bits per heavy atom. The molecule has 2 heterocycles. The van der Waals surface area contributed by atoms with E-state index in [2.05, 4.69) is 0 Å². The first-order valence-electron chi connectivity index (χ1n) is 9.66. The van der Waals surface area contributed by atoms with E-state index in [0.717, 1.165) is 6.42 Å². The maximum absolute atomic E-state index is 12.9. The molecule has 0 saturated carbocycles. The average Bonchev–Trinajstić information content (AvgIpc) is 3.01. The van der Waals surface area contributed by atoms with Crippen LogP contribution in [0.2, 0.25) is 0 Å². The zero-order chi connectivity index (χ0) is 20.4. The molecule has 8 nitrogen and oxygen atoms in total. The molecule has 0 spiro atoms. The molecule has 0 aliphatic carbocycles. The highest BCUT2D eigenvalue weighted by molar-refractivity contribution is 5.86. The molecule has 0 bridgehead atoms. The van der Waals surface area contributed by atoms with E-state index in [-0.39, 0.29) is 18.2 Å². The third kappa shape index (κ3) is 6.09.